The summed E-state index contributed by atoms with van der Waals surface area (Å²) in [5, 5.41) is 8.42. The molecular formula is C25H27N5O4. The van der Waals surface area contributed by atoms with Crippen LogP contribution in [-0.4, -0.2) is 50.9 Å². The van der Waals surface area contributed by atoms with E-state index in [0.717, 1.165) is 41.2 Å². The van der Waals surface area contributed by atoms with E-state index < -0.39 is 0 Å². The summed E-state index contributed by atoms with van der Waals surface area (Å²) in [6.45, 7) is 3.08. The second-order valence-electron chi connectivity index (χ2n) is 8.62. The predicted molar refractivity (Wildman–Crippen MR) is 124 cm³/mol. The average molecular weight is 462 g/mol. The third-order valence-electron chi connectivity index (χ3n) is 6.20. The number of oxazole rings is 1. The molecule has 1 amide bonds. The minimum atomic E-state index is -0.175. The molecule has 1 atom stereocenters. The standard InChI is InChI=1S/C25H27N5O4/c1-16-20(15-29(2)27-16)21-12-23(34-28-21)25(31)30-10-6-8-18(14-30)24-26-13-19(33-24)11-17-7-4-5-9-22(17)32-3/h4-5,7,9,12-13,15,18H,6,8,10-11,14H2,1-3H3. The van der Waals surface area contributed by atoms with Gasteiger partial charge in [-0.05, 0) is 25.8 Å². The van der Waals surface area contributed by atoms with E-state index in [1.54, 1.807) is 29.0 Å². The SMILES string of the molecule is COc1ccccc1Cc1cnc(C2CCCN(C(=O)c3cc(-c4cn(C)nc4C)no3)C2)o1. The second-order valence-corrected chi connectivity index (χ2v) is 8.62. The molecule has 1 saturated heterocycles. The van der Waals surface area contributed by atoms with Crippen LogP contribution in [0.3, 0.4) is 0 Å². The van der Waals surface area contributed by atoms with Crippen LogP contribution in [0.1, 0.15) is 52.2 Å². The van der Waals surface area contributed by atoms with Crippen LogP contribution in [0.4, 0.5) is 0 Å². The van der Waals surface area contributed by atoms with Crippen LogP contribution in [0, 0.1) is 6.92 Å². The maximum absolute atomic E-state index is 13.1. The van der Waals surface area contributed by atoms with E-state index in [2.05, 4.69) is 15.2 Å². The Morgan fingerprint density at radius 1 is 1.29 bits per heavy atom. The summed E-state index contributed by atoms with van der Waals surface area (Å²) >= 11 is 0. The molecule has 5 rings (SSSR count). The van der Waals surface area contributed by atoms with E-state index in [9.17, 15) is 4.79 Å². The van der Waals surface area contributed by atoms with Crippen molar-refractivity contribution < 1.29 is 18.5 Å². The maximum Gasteiger partial charge on any atom is 0.292 e. The van der Waals surface area contributed by atoms with Crippen LogP contribution in [0.15, 0.2) is 51.7 Å². The molecule has 1 fully saturated rings. The third kappa shape index (κ3) is 4.33. The molecule has 0 spiro atoms. The van der Waals surface area contributed by atoms with Gasteiger partial charge < -0.3 is 18.6 Å². The minimum absolute atomic E-state index is 0.0343. The van der Waals surface area contributed by atoms with E-state index in [1.807, 2.05) is 44.4 Å². The fraction of sp³-hybridized carbons (Fsp3) is 0.360. The number of aromatic nitrogens is 4. The Bertz CT molecular complexity index is 1300. The van der Waals surface area contributed by atoms with Crippen molar-refractivity contribution in [3.05, 3.63) is 71.4 Å². The molecule has 3 aromatic heterocycles. The molecule has 0 saturated carbocycles. The number of hydrogen-bond acceptors (Lipinski definition) is 7. The highest BCUT2D eigenvalue weighted by atomic mass is 16.5. The highest BCUT2D eigenvalue weighted by Gasteiger charge is 2.30. The highest BCUT2D eigenvalue weighted by Crippen LogP contribution is 2.30. The Balaban J connectivity index is 1.27. The number of benzene rings is 1. The fourth-order valence-electron chi connectivity index (χ4n) is 4.50. The molecule has 4 heterocycles. The van der Waals surface area contributed by atoms with Gasteiger partial charge in [-0.3, -0.25) is 9.48 Å². The monoisotopic (exact) mass is 461 g/mol. The third-order valence-corrected chi connectivity index (χ3v) is 6.20. The van der Waals surface area contributed by atoms with Crippen molar-refractivity contribution in [2.45, 2.75) is 32.1 Å². The van der Waals surface area contributed by atoms with Crippen molar-refractivity contribution in [1.29, 1.82) is 0 Å². The number of para-hydroxylation sites is 1. The molecule has 0 aliphatic carbocycles. The Morgan fingerprint density at radius 2 is 2.15 bits per heavy atom. The quantitative estimate of drug-likeness (QED) is 0.428. The number of carbonyl (C=O) groups is 1. The lowest BCUT2D eigenvalue weighted by Gasteiger charge is -2.30. The van der Waals surface area contributed by atoms with Gasteiger partial charge in [-0.15, -0.1) is 0 Å². The van der Waals surface area contributed by atoms with Gasteiger partial charge in [0.05, 0.1) is 24.9 Å². The molecule has 9 heteroatoms. The minimum Gasteiger partial charge on any atom is -0.496 e. The highest BCUT2D eigenvalue weighted by molar-refractivity contribution is 5.92. The zero-order chi connectivity index (χ0) is 23.7. The van der Waals surface area contributed by atoms with Gasteiger partial charge in [0, 0.05) is 49.9 Å². The summed E-state index contributed by atoms with van der Waals surface area (Å²) in [5.41, 5.74) is 3.33. The Morgan fingerprint density at radius 3 is 2.94 bits per heavy atom. The van der Waals surface area contributed by atoms with Gasteiger partial charge in [0.15, 0.2) is 5.89 Å². The normalized spacial score (nSPS) is 16.1. The molecule has 0 bridgehead atoms. The van der Waals surface area contributed by atoms with E-state index in [4.69, 9.17) is 13.7 Å². The lowest BCUT2D eigenvalue weighted by Crippen LogP contribution is -2.39. The molecule has 0 N–H and O–H groups in total. The van der Waals surface area contributed by atoms with E-state index in [1.165, 1.54) is 0 Å². The first kappa shape index (κ1) is 21.9. The fourth-order valence-corrected chi connectivity index (χ4v) is 4.50. The second kappa shape index (κ2) is 9.17. The summed E-state index contributed by atoms with van der Waals surface area (Å²) in [5.74, 6) is 2.34. The molecule has 1 aromatic carbocycles. The summed E-state index contributed by atoms with van der Waals surface area (Å²) in [7, 11) is 3.51. The summed E-state index contributed by atoms with van der Waals surface area (Å²) in [6, 6.07) is 9.55. The summed E-state index contributed by atoms with van der Waals surface area (Å²) in [4.78, 5) is 19.4. The number of piperidine rings is 1. The van der Waals surface area contributed by atoms with Gasteiger partial charge in [0.2, 0.25) is 5.76 Å². The van der Waals surface area contributed by atoms with Gasteiger partial charge in [-0.1, -0.05) is 23.4 Å². The van der Waals surface area contributed by atoms with Crippen LogP contribution in [0.5, 0.6) is 5.75 Å². The van der Waals surface area contributed by atoms with Gasteiger partial charge in [-0.2, -0.15) is 5.10 Å². The zero-order valence-electron chi connectivity index (χ0n) is 19.5. The van der Waals surface area contributed by atoms with E-state index in [-0.39, 0.29) is 17.6 Å². The Labute approximate surface area is 197 Å². The predicted octanol–water partition coefficient (Wildman–Crippen LogP) is 3.99. The Hall–Kier alpha value is -3.88. The van der Waals surface area contributed by atoms with Crippen molar-refractivity contribution in [3.8, 4) is 17.0 Å². The molecule has 9 nitrogen and oxygen atoms in total. The van der Waals surface area contributed by atoms with Crippen LogP contribution < -0.4 is 4.74 Å². The number of amides is 1. The number of nitrogens with zero attached hydrogens (tertiary/aromatic N) is 5. The summed E-state index contributed by atoms with van der Waals surface area (Å²) in [6.07, 6.45) is 6.00. The van der Waals surface area contributed by atoms with Crippen LogP contribution in [0.25, 0.3) is 11.3 Å². The van der Waals surface area contributed by atoms with Crippen molar-refractivity contribution in [2.24, 2.45) is 7.05 Å². The molecule has 1 unspecified atom stereocenters. The number of hydrogen-bond donors (Lipinski definition) is 0. The first-order chi connectivity index (χ1) is 16.5. The molecule has 4 aromatic rings. The van der Waals surface area contributed by atoms with Crippen molar-refractivity contribution in [1.82, 2.24) is 24.8 Å². The molecule has 1 aliphatic rings. The van der Waals surface area contributed by atoms with Gasteiger partial charge >= 0.3 is 0 Å². The van der Waals surface area contributed by atoms with E-state index >= 15 is 0 Å². The number of aryl methyl sites for hydroxylation is 2. The average Bonchev–Trinajstić information content (AvgIpc) is 3.59. The van der Waals surface area contributed by atoms with Crippen LogP contribution in [-0.2, 0) is 13.5 Å². The first-order valence-corrected chi connectivity index (χ1v) is 11.3. The largest absolute Gasteiger partial charge is 0.496 e. The van der Waals surface area contributed by atoms with Gasteiger partial charge in [0.1, 0.15) is 17.2 Å². The molecule has 0 radical (unpaired) electrons. The Kier molecular flexibility index (Phi) is 5.91. The molecule has 1 aliphatic heterocycles. The molecule has 176 valence electrons. The van der Waals surface area contributed by atoms with Gasteiger partial charge in [-0.25, -0.2) is 4.98 Å². The lowest BCUT2D eigenvalue weighted by molar-refractivity contribution is 0.0656. The van der Waals surface area contributed by atoms with Crippen molar-refractivity contribution >= 4 is 5.91 Å². The number of rotatable bonds is 6. The van der Waals surface area contributed by atoms with Crippen molar-refractivity contribution in [3.63, 3.8) is 0 Å². The molecule has 34 heavy (non-hydrogen) atoms. The van der Waals surface area contributed by atoms with E-state index in [0.29, 0.717) is 31.1 Å². The van der Waals surface area contributed by atoms with Gasteiger partial charge in [0.25, 0.3) is 5.91 Å². The number of carbonyl (C=O) groups excluding carboxylic acids is 1. The lowest BCUT2D eigenvalue weighted by atomic mass is 9.98. The topological polar surface area (TPSA) is 99.4 Å². The number of ether oxygens (including phenoxy) is 1. The number of likely N-dealkylation sites (tertiary alicyclic amines) is 1. The summed E-state index contributed by atoms with van der Waals surface area (Å²) < 4.78 is 18.6. The first-order valence-electron chi connectivity index (χ1n) is 11.3. The van der Waals surface area contributed by atoms with Crippen LogP contribution >= 0.6 is 0 Å². The zero-order valence-corrected chi connectivity index (χ0v) is 19.5. The number of methoxy groups -OCH3 is 1. The van der Waals surface area contributed by atoms with Crippen LogP contribution in [0.2, 0.25) is 0 Å². The van der Waals surface area contributed by atoms with Crippen molar-refractivity contribution in [2.75, 3.05) is 20.2 Å². The maximum atomic E-state index is 13.1. The molecular weight excluding hydrogens is 434 g/mol. The smallest absolute Gasteiger partial charge is 0.292 e.